The lowest BCUT2D eigenvalue weighted by Crippen LogP contribution is -2.49. The number of carbonyl (C=O) groups excluding carboxylic acids is 2. The molecule has 1 saturated heterocycles. The van der Waals surface area contributed by atoms with Crippen molar-refractivity contribution in [3.05, 3.63) is 0 Å². The number of hydrogen-bond donors (Lipinski definition) is 3. The molecular weight excluding hydrogens is 369 g/mol. The van der Waals surface area contributed by atoms with Crippen LogP contribution in [0.15, 0.2) is 0 Å². The van der Waals surface area contributed by atoms with Crippen LogP contribution in [0.1, 0.15) is 34.1 Å². The van der Waals surface area contributed by atoms with Crippen LogP contribution in [-0.2, 0) is 32.4 Å². The summed E-state index contributed by atoms with van der Waals surface area (Å²) in [5, 5.41) is 10.7. The Labute approximate surface area is 151 Å². The molecule has 0 aliphatic carbocycles. The lowest BCUT2D eigenvalue weighted by atomic mass is 9.87. The smallest absolute Gasteiger partial charge is 0.432 e. The minimum absolute atomic E-state index is 0.0226. The van der Waals surface area contributed by atoms with Gasteiger partial charge >= 0.3 is 14.0 Å². The molecule has 0 aromatic heterocycles. The largest absolute Gasteiger partial charge is 0.510 e. The fourth-order valence-electron chi connectivity index (χ4n) is 1.91. The molecule has 0 aromatic carbocycles. The second kappa shape index (κ2) is 9.31. The number of hydrogen-bond acceptors (Lipinski definition) is 9. The second-order valence-electron chi connectivity index (χ2n) is 6.56. The molecule has 0 saturated carbocycles. The van der Waals surface area contributed by atoms with Gasteiger partial charge in [0.15, 0.2) is 0 Å². The van der Waals surface area contributed by atoms with Gasteiger partial charge in [-0.2, -0.15) is 0 Å². The van der Waals surface area contributed by atoms with Crippen molar-refractivity contribution in [3.63, 3.8) is 0 Å². The third-order valence-corrected chi connectivity index (χ3v) is 4.54. The van der Waals surface area contributed by atoms with E-state index in [0.717, 1.165) is 0 Å². The average Bonchev–Trinajstić information content (AvgIpc) is 2.49. The molecule has 0 spiro atoms. The van der Waals surface area contributed by atoms with E-state index < -0.39 is 38.2 Å². The van der Waals surface area contributed by atoms with Gasteiger partial charge in [0, 0.05) is 18.4 Å². The molecule has 11 nitrogen and oxygen atoms in total. The number of carbonyl (C=O) groups is 2. The number of primary amides is 1. The Bertz CT molecular complexity index is 581. The zero-order chi connectivity index (χ0) is 20.0. The molecule has 150 valence electrons. The van der Waals surface area contributed by atoms with Crippen LogP contribution in [-0.4, -0.2) is 50.1 Å². The van der Waals surface area contributed by atoms with Gasteiger partial charge in [-0.1, -0.05) is 13.8 Å². The SMILES string of the molecule is CC(C)OC(=O)OCOP1(=O)OCC(C)(C)[C@H](C(=N)NCCC(N)=O)O1. The summed E-state index contributed by atoms with van der Waals surface area (Å²) in [6.07, 6.45) is -2.27. The first kappa shape index (κ1) is 22.4. The molecule has 1 unspecified atom stereocenters. The molecule has 26 heavy (non-hydrogen) atoms. The van der Waals surface area contributed by atoms with E-state index in [1.165, 1.54) is 0 Å². The summed E-state index contributed by atoms with van der Waals surface area (Å²) in [5.74, 6) is -0.611. The molecular formula is C14H26N3O8P. The monoisotopic (exact) mass is 395 g/mol. The molecule has 0 aromatic rings. The van der Waals surface area contributed by atoms with Gasteiger partial charge in [0.05, 0.1) is 12.7 Å². The molecule has 1 fully saturated rings. The quantitative estimate of drug-likeness (QED) is 0.182. The van der Waals surface area contributed by atoms with E-state index in [4.69, 9.17) is 29.5 Å². The first-order valence-electron chi connectivity index (χ1n) is 7.97. The molecule has 1 aliphatic heterocycles. The molecule has 0 radical (unpaired) electrons. The van der Waals surface area contributed by atoms with Crippen LogP contribution in [0.2, 0.25) is 0 Å². The normalized spacial score (nSPS) is 24.7. The van der Waals surface area contributed by atoms with Gasteiger partial charge in [-0.15, -0.1) is 0 Å². The summed E-state index contributed by atoms with van der Waals surface area (Å²) >= 11 is 0. The molecule has 1 heterocycles. The average molecular weight is 395 g/mol. The predicted molar refractivity (Wildman–Crippen MR) is 90.4 cm³/mol. The molecule has 2 atom stereocenters. The minimum Gasteiger partial charge on any atom is -0.432 e. The first-order valence-corrected chi connectivity index (χ1v) is 9.43. The maximum absolute atomic E-state index is 12.5. The van der Waals surface area contributed by atoms with Crippen molar-refractivity contribution in [2.24, 2.45) is 11.1 Å². The molecule has 4 N–H and O–H groups in total. The number of nitrogens with one attached hydrogen (secondary N) is 2. The van der Waals surface area contributed by atoms with E-state index in [-0.39, 0.29) is 31.5 Å². The zero-order valence-electron chi connectivity index (χ0n) is 15.3. The fraction of sp³-hybridized carbons (Fsp3) is 0.786. The molecule has 12 heteroatoms. The van der Waals surface area contributed by atoms with Crippen molar-refractivity contribution >= 4 is 25.7 Å². The van der Waals surface area contributed by atoms with E-state index in [2.05, 4.69) is 10.1 Å². The molecule has 1 aliphatic rings. The van der Waals surface area contributed by atoms with E-state index in [0.29, 0.717) is 0 Å². The van der Waals surface area contributed by atoms with Gasteiger partial charge in [-0.25, -0.2) is 13.9 Å². The van der Waals surface area contributed by atoms with Crippen molar-refractivity contribution in [2.45, 2.75) is 46.3 Å². The van der Waals surface area contributed by atoms with Gasteiger partial charge in [0.25, 0.3) is 0 Å². The number of amides is 1. The van der Waals surface area contributed by atoms with E-state index in [1.807, 2.05) is 0 Å². The minimum atomic E-state index is -4.05. The predicted octanol–water partition coefficient (Wildman–Crippen LogP) is 1.51. The van der Waals surface area contributed by atoms with Crippen molar-refractivity contribution in [2.75, 3.05) is 19.9 Å². The number of amidine groups is 1. The summed E-state index contributed by atoms with van der Waals surface area (Å²) < 4.78 is 37.3. The lowest BCUT2D eigenvalue weighted by molar-refractivity contribution is -0.117. The Morgan fingerprint density at radius 3 is 2.65 bits per heavy atom. The van der Waals surface area contributed by atoms with E-state index in [1.54, 1.807) is 27.7 Å². The summed E-state index contributed by atoms with van der Waals surface area (Å²) in [6.45, 7) is 6.20. The van der Waals surface area contributed by atoms with Crippen LogP contribution in [0, 0.1) is 10.8 Å². The van der Waals surface area contributed by atoms with Crippen molar-refractivity contribution < 1.29 is 37.2 Å². The number of phosphoric acid groups is 1. The Morgan fingerprint density at radius 1 is 1.42 bits per heavy atom. The Kier molecular flexibility index (Phi) is 8.01. The zero-order valence-corrected chi connectivity index (χ0v) is 16.2. The Balaban J connectivity index is 2.60. The van der Waals surface area contributed by atoms with Crippen LogP contribution in [0.5, 0.6) is 0 Å². The topological polar surface area (TPSA) is 159 Å². The number of rotatable bonds is 8. The van der Waals surface area contributed by atoms with Crippen LogP contribution >= 0.6 is 7.82 Å². The Hall–Kier alpha value is -1.68. The van der Waals surface area contributed by atoms with Crippen molar-refractivity contribution in [1.29, 1.82) is 5.41 Å². The Morgan fingerprint density at radius 2 is 2.08 bits per heavy atom. The molecule has 1 rings (SSSR count). The summed E-state index contributed by atoms with van der Waals surface area (Å²) in [4.78, 5) is 22.0. The highest BCUT2D eigenvalue weighted by molar-refractivity contribution is 7.48. The van der Waals surface area contributed by atoms with Gasteiger partial charge in [-0.05, 0) is 13.8 Å². The van der Waals surface area contributed by atoms with E-state index >= 15 is 0 Å². The maximum atomic E-state index is 12.5. The van der Waals surface area contributed by atoms with Gasteiger partial charge in [0.2, 0.25) is 12.7 Å². The summed E-state index contributed by atoms with van der Waals surface area (Å²) in [7, 11) is -4.05. The number of nitrogens with two attached hydrogens (primary N) is 1. The standard InChI is InChI=1S/C14H26N3O8P/c1-9(2)24-13(19)21-8-23-26(20)22-7-14(3,4)11(25-26)12(16)17-6-5-10(15)18/h9,11H,5-8H2,1-4H3,(H2,15,18)(H2,16,17)/t11-,26?/m0/s1. The van der Waals surface area contributed by atoms with Crippen LogP contribution in [0.3, 0.4) is 0 Å². The summed E-state index contributed by atoms with van der Waals surface area (Å²) in [6, 6.07) is 0. The second-order valence-corrected chi connectivity index (χ2v) is 8.18. The highest BCUT2D eigenvalue weighted by Crippen LogP contribution is 2.57. The number of phosphoric ester groups is 1. The third kappa shape index (κ3) is 7.28. The lowest BCUT2D eigenvalue weighted by Gasteiger charge is -2.40. The van der Waals surface area contributed by atoms with Gasteiger partial charge in [-0.3, -0.25) is 19.3 Å². The molecule has 1 amide bonds. The number of ether oxygens (including phenoxy) is 2. The first-order chi connectivity index (χ1) is 11.9. The molecule has 0 bridgehead atoms. The maximum Gasteiger partial charge on any atom is 0.510 e. The summed E-state index contributed by atoms with van der Waals surface area (Å²) in [5.41, 5.74) is 4.36. The third-order valence-electron chi connectivity index (χ3n) is 3.21. The highest BCUT2D eigenvalue weighted by Gasteiger charge is 2.47. The van der Waals surface area contributed by atoms with E-state index in [9.17, 15) is 14.2 Å². The van der Waals surface area contributed by atoms with Crippen LogP contribution in [0.25, 0.3) is 0 Å². The van der Waals surface area contributed by atoms with Crippen molar-refractivity contribution in [3.8, 4) is 0 Å². The van der Waals surface area contributed by atoms with Crippen LogP contribution < -0.4 is 11.1 Å². The van der Waals surface area contributed by atoms with Crippen molar-refractivity contribution in [1.82, 2.24) is 5.32 Å². The van der Waals surface area contributed by atoms with Gasteiger partial charge < -0.3 is 20.5 Å². The van der Waals surface area contributed by atoms with Crippen LogP contribution in [0.4, 0.5) is 4.79 Å². The highest BCUT2D eigenvalue weighted by atomic mass is 31.2. The van der Waals surface area contributed by atoms with Gasteiger partial charge in [0.1, 0.15) is 11.9 Å². The fourth-order valence-corrected chi connectivity index (χ4v) is 3.43.